The van der Waals surface area contributed by atoms with Gasteiger partial charge in [-0.15, -0.1) is 0 Å². The highest BCUT2D eigenvalue weighted by atomic mass is 16.5. The van der Waals surface area contributed by atoms with Crippen LogP contribution in [0.4, 0.5) is 5.69 Å². The molecular weight excluding hydrogens is 272 g/mol. The third-order valence-corrected chi connectivity index (χ3v) is 3.30. The molecule has 0 aliphatic carbocycles. The quantitative estimate of drug-likeness (QED) is 0.928. The molecule has 110 valence electrons. The summed E-state index contributed by atoms with van der Waals surface area (Å²) in [6.45, 7) is 3.71. The van der Waals surface area contributed by atoms with Gasteiger partial charge in [-0.1, -0.05) is 5.16 Å². The maximum Gasteiger partial charge on any atom is 0.276 e. The average molecular weight is 288 g/mol. The SMILES string of the molecule is Cc1noc(-c2ccc(NC(=O)C3CCC(C)O3)cn2)n1. The number of carbonyl (C=O) groups excluding carboxylic acids is 1. The van der Waals surface area contributed by atoms with E-state index in [-0.39, 0.29) is 18.1 Å². The minimum absolute atomic E-state index is 0.137. The standard InChI is InChI=1S/C14H16N4O3/c1-8-3-6-12(20-8)13(19)17-10-4-5-11(15-7-10)14-16-9(2)18-21-14/h4-5,7-8,12H,3,6H2,1-2H3,(H,17,19). The van der Waals surface area contributed by atoms with Crippen molar-refractivity contribution < 1.29 is 14.1 Å². The van der Waals surface area contributed by atoms with E-state index < -0.39 is 0 Å². The molecule has 7 heteroatoms. The molecule has 1 aliphatic rings. The van der Waals surface area contributed by atoms with Crippen molar-refractivity contribution in [2.24, 2.45) is 0 Å². The van der Waals surface area contributed by atoms with Gasteiger partial charge in [-0.25, -0.2) is 4.98 Å². The van der Waals surface area contributed by atoms with Crippen molar-refractivity contribution in [2.45, 2.75) is 38.9 Å². The number of hydrogen-bond donors (Lipinski definition) is 1. The summed E-state index contributed by atoms with van der Waals surface area (Å²) in [7, 11) is 0. The first-order valence-electron chi connectivity index (χ1n) is 6.85. The summed E-state index contributed by atoms with van der Waals surface area (Å²) in [6.07, 6.45) is 2.98. The maximum absolute atomic E-state index is 12.0. The summed E-state index contributed by atoms with van der Waals surface area (Å²) in [5.74, 6) is 0.776. The lowest BCUT2D eigenvalue weighted by molar-refractivity contribution is -0.126. The van der Waals surface area contributed by atoms with Crippen molar-refractivity contribution in [3.05, 3.63) is 24.2 Å². The number of carbonyl (C=O) groups is 1. The topological polar surface area (TPSA) is 90.1 Å². The second kappa shape index (κ2) is 5.61. The van der Waals surface area contributed by atoms with E-state index in [0.29, 0.717) is 23.1 Å². The Balaban J connectivity index is 1.66. The molecule has 2 aromatic rings. The molecule has 1 N–H and O–H groups in total. The van der Waals surface area contributed by atoms with E-state index in [2.05, 4.69) is 20.4 Å². The zero-order valence-corrected chi connectivity index (χ0v) is 11.9. The zero-order valence-electron chi connectivity index (χ0n) is 11.9. The van der Waals surface area contributed by atoms with Crippen LogP contribution in [0.5, 0.6) is 0 Å². The van der Waals surface area contributed by atoms with Crippen molar-refractivity contribution >= 4 is 11.6 Å². The predicted octanol–water partition coefficient (Wildman–Crippen LogP) is 1.95. The number of rotatable bonds is 3. The lowest BCUT2D eigenvalue weighted by Crippen LogP contribution is -2.27. The lowest BCUT2D eigenvalue weighted by Gasteiger charge is -2.11. The number of aromatic nitrogens is 3. The second-order valence-corrected chi connectivity index (χ2v) is 5.08. The third kappa shape index (κ3) is 3.08. The van der Waals surface area contributed by atoms with Crippen molar-refractivity contribution in [2.75, 3.05) is 5.32 Å². The van der Waals surface area contributed by atoms with Crippen LogP contribution in [0, 0.1) is 6.92 Å². The molecule has 21 heavy (non-hydrogen) atoms. The van der Waals surface area contributed by atoms with Crippen LogP contribution in [0.3, 0.4) is 0 Å². The molecule has 2 unspecified atom stereocenters. The fraction of sp³-hybridized carbons (Fsp3) is 0.429. The Morgan fingerprint density at radius 3 is 2.81 bits per heavy atom. The molecular formula is C14H16N4O3. The number of nitrogens with zero attached hydrogens (tertiary/aromatic N) is 3. The Morgan fingerprint density at radius 1 is 1.38 bits per heavy atom. The number of amides is 1. The van der Waals surface area contributed by atoms with E-state index in [4.69, 9.17) is 9.26 Å². The van der Waals surface area contributed by atoms with Gasteiger partial charge in [0, 0.05) is 0 Å². The molecule has 3 rings (SSSR count). The zero-order chi connectivity index (χ0) is 14.8. The molecule has 0 spiro atoms. The number of nitrogens with one attached hydrogen (secondary N) is 1. The van der Waals surface area contributed by atoms with Gasteiger partial charge in [-0.3, -0.25) is 4.79 Å². The molecule has 1 amide bonds. The molecule has 0 saturated carbocycles. The summed E-state index contributed by atoms with van der Waals surface area (Å²) in [6, 6.07) is 3.47. The second-order valence-electron chi connectivity index (χ2n) is 5.08. The first-order valence-corrected chi connectivity index (χ1v) is 6.85. The lowest BCUT2D eigenvalue weighted by atomic mass is 10.2. The summed E-state index contributed by atoms with van der Waals surface area (Å²) in [5.41, 5.74) is 1.18. The molecule has 1 saturated heterocycles. The fourth-order valence-corrected chi connectivity index (χ4v) is 2.21. The van der Waals surface area contributed by atoms with E-state index in [1.54, 1.807) is 25.3 Å². The molecule has 2 atom stereocenters. The van der Waals surface area contributed by atoms with Crippen LogP contribution in [0.1, 0.15) is 25.6 Å². The number of hydrogen-bond acceptors (Lipinski definition) is 6. The number of anilines is 1. The highest BCUT2D eigenvalue weighted by molar-refractivity contribution is 5.94. The Labute approximate surface area is 121 Å². The van der Waals surface area contributed by atoms with Gasteiger partial charge in [0.2, 0.25) is 0 Å². The first kappa shape index (κ1) is 13.7. The van der Waals surface area contributed by atoms with Crippen LogP contribution in [0.15, 0.2) is 22.9 Å². The molecule has 0 bridgehead atoms. The van der Waals surface area contributed by atoms with Crippen LogP contribution in [-0.4, -0.2) is 33.2 Å². The van der Waals surface area contributed by atoms with E-state index in [1.165, 1.54) is 0 Å². The summed E-state index contributed by atoms with van der Waals surface area (Å²) in [4.78, 5) is 20.3. The van der Waals surface area contributed by atoms with Crippen molar-refractivity contribution in [3.8, 4) is 11.6 Å². The van der Waals surface area contributed by atoms with E-state index in [1.807, 2.05) is 6.92 Å². The molecule has 3 heterocycles. The van der Waals surface area contributed by atoms with Crippen LogP contribution in [0.25, 0.3) is 11.6 Å². The monoisotopic (exact) mass is 288 g/mol. The van der Waals surface area contributed by atoms with Gasteiger partial charge in [0.15, 0.2) is 5.82 Å². The van der Waals surface area contributed by atoms with Gasteiger partial charge >= 0.3 is 0 Å². The molecule has 0 radical (unpaired) electrons. The van der Waals surface area contributed by atoms with Gasteiger partial charge in [-0.05, 0) is 38.8 Å². The Bertz CT molecular complexity index is 638. The molecule has 1 aliphatic heterocycles. The van der Waals surface area contributed by atoms with E-state index >= 15 is 0 Å². The molecule has 1 fully saturated rings. The molecule has 0 aromatic carbocycles. The normalized spacial score (nSPS) is 21.4. The largest absolute Gasteiger partial charge is 0.365 e. The Morgan fingerprint density at radius 2 is 2.24 bits per heavy atom. The third-order valence-electron chi connectivity index (χ3n) is 3.30. The average Bonchev–Trinajstić information content (AvgIpc) is 3.08. The number of aryl methyl sites for hydroxylation is 1. The summed E-state index contributed by atoms with van der Waals surface area (Å²) >= 11 is 0. The molecule has 7 nitrogen and oxygen atoms in total. The van der Waals surface area contributed by atoms with Crippen molar-refractivity contribution in [1.29, 1.82) is 0 Å². The van der Waals surface area contributed by atoms with E-state index in [9.17, 15) is 4.79 Å². The Kier molecular flexibility index (Phi) is 3.66. The fourth-order valence-electron chi connectivity index (χ4n) is 2.21. The molecule has 2 aromatic heterocycles. The Hall–Kier alpha value is -2.28. The van der Waals surface area contributed by atoms with Gasteiger partial charge in [0.25, 0.3) is 11.8 Å². The predicted molar refractivity (Wildman–Crippen MR) is 74.5 cm³/mol. The number of ether oxygens (including phenoxy) is 1. The van der Waals surface area contributed by atoms with Crippen LogP contribution in [0.2, 0.25) is 0 Å². The minimum Gasteiger partial charge on any atom is -0.365 e. The van der Waals surface area contributed by atoms with Gasteiger partial charge < -0.3 is 14.6 Å². The maximum atomic E-state index is 12.0. The van der Waals surface area contributed by atoms with Crippen LogP contribution < -0.4 is 5.32 Å². The smallest absolute Gasteiger partial charge is 0.276 e. The summed E-state index contributed by atoms with van der Waals surface area (Å²) < 4.78 is 10.6. The highest BCUT2D eigenvalue weighted by Gasteiger charge is 2.28. The number of pyridine rings is 1. The van der Waals surface area contributed by atoms with Crippen LogP contribution in [-0.2, 0) is 9.53 Å². The summed E-state index contributed by atoms with van der Waals surface area (Å²) in [5, 5.41) is 6.51. The minimum atomic E-state index is -0.377. The highest BCUT2D eigenvalue weighted by Crippen LogP contribution is 2.21. The van der Waals surface area contributed by atoms with Gasteiger partial charge in [0.1, 0.15) is 11.8 Å². The van der Waals surface area contributed by atoms with Gasteiger partial charge in [0.05, 0.1) is 18.0 Å². The van der Waals surface area contributed by atoms with Crippen LogP contribution >= 0.6 is 0 Å². The van der Waals surface area contributed by atoms with Gasteiger partial charge in [-0.2, -0.15) is 4.98 Å². The van der Waals surface area contributed by atoms with E-state index in [0.717, 1.165) is 12.8 Å². The van der Waals surface area contributed by atoms with Crippen molar-refractivity contribution in [3.63, 3.8) is 0 Å². The van der Waals surface area contributed by atoms with Crippen molar-refractivity contribution in [1.82, 2.24) is 15.1 Å². The first-order chi connectivity index (χ1) is 10.1.